The average molecular weight is 502 g/mol. The van der Waals surface area contributed by atoms with Gasteiger partial charge in [-0.2, -0.15) is 0 Å². The van der Waals surface area contributed by atoms with E-state index in [2.05, 4.69) is 6.92 Å². The standard InChI is InChI=1S/C30H28ClNO4/c1-2-3-4-9-18-35-22-16-14-20(15-17-22)27-26-28(33)23-11-6-8-13-25(23)36-29(26)30(34)32(27)19-21-10-5-7-12-24(21)31/h5-8,10-17,27H,2-4,9,18-19H2,1H3. The Morgan fingerprint density at radius 1 is 0.917 bits per heavy atom. The van der Waals surface area contributed by atoms with E-state index in [1.807, 2.05) is 42.5 Å². The first-order valence-corrected chi connectivity index (χ1v) is 12.8. The van der Waals surface area contributed by atoms with Crippen LogP contribution in [0.2, 0.25) is 5.02 Å². The lowest BCUT2D eigenvalue weighted by Crippen LogP contribution is -2.29. The molecule has 0 N–H and O–H groups in total. The van der Waals surface area contributed by atoms with Crippen LogP contribution in [0.5, 0.6) is 5.75 Å². The van der Waals surface area contributed by atoms with Gasteiger partial charge >= 0.3 is 0 Å². The smallest absolute Gasteiger partial charge is 0.291 e. The monoisotopic (exact) mass is 501 g/mol. The third kappa shape index (κ3) is 4.63. The van der Waals surface area contributed by atoms with Crippen molar-refractivity contribution in [3.63, 3.8) is 0 Å². The van der Waals surface area contributed by atoms with Crippen LogP contribution in [-0.2, 0) is 6.54 Å². The maximum absolute atomic E-state index is 13.6. The maximum Gasteiger partial charge on any atom is 0.291 e. The Bertz CT molecular complexity index is 1440. The van der Waals surface area contributed by atoms with E-state index >= 15 is 0 Å². The Kier molecular flexibility index (Phi) is 7.10. The molecule has 0 spiro atoms. The van der Waals surface area contributed by atoms with Crippen molar-refractivity contribution >= 4 is 28.5 Å². The number of nitrogens with zero attached hydrogens (tertiary/aromatic N) is 1. The van der Waals surface area contributed by atoms with Crippen molar-refractivity contribution in [3.05, 3.63) is 110 Å². The molecule has 0 aliphatic carbocycles. The zero-order valence-corrected chi connectivity index (χ0v) is 21.0. The second-order valence-corrected chi connectivity index (χ2v) is 9.48. The Morgan fingerprint density at radius 3 is 2.44 bits per heavy atom. The minimum atomic E-state index is -0.594. The highest BCUT2D eigenvalue weighted by Crippen LogP contribution is 2.40. The van der Waals surface area contributed by atoms with E-state index in [4.69, 9.17) is 20.8 Å². The van der Waals surface area contributed by atoms with Crippen molar-refractivity contribution in [1.29, 1.82) is 0 Å². The third-order valence-corrected chi connectivity index (χ3v) is 7.00. The minimum Gasteiger partial charge on any atom is -0.494 e. The molecule has 184 valence electrons. The van der Waals surface area contributed by atoms with Crippen molar-refractivity contribution in [2.24, 2.45) is 0 Å². The maximum atomic E-state index is 13.6. The number of halogens is 1. The number of para-hydroxylation sites is 1. The van der Waals surface area contributed by atoms with Gasteiger partial charge in [0.15, 0.2) is 5.43 Å². The highest BCUT2D eigenvalue weighted by Gasteiger charge is 2.42. The molecule has 0 saturated heterocycles. The number of rotatable bonds is 9. The molecule has 0 bridgehead atoms. The molecular formula is C30H28ClNO4. The van der Waals surface area contributed by atoms with Gasteiger partial charge in [0.1, 0.15) is 11.3 Å². The number of hydrogen-bond acceptors (Lipinski definition) is 4. The van der Waals surface area contributed by atoms with Crippen LogP contribution in [0, 0.1) is 0 Å². The number of ether oxygens (including phenoxy) is 1. The Hall–Kier alpha value is -3.57. The van der Waals surface area contributed by atoms with Crippen molar-refractivity contribution in [2.45, 2.75) is 45.2 Å². The molecule has 4 aromatic rings. The molecule has 2 heterocycles. The van der Waals surface area contributed by atoms with Crippen LogP contribution in [-0.4, -0.2) is 17.4 Å². The fraction of sp³-hybridized carbons (Fsp3) is 0.267. The average Bonchev–Trinajstić information content (AvgIpc) is 3.17. The number of fused-ring (bicyclic) bond motifs is 2. The van der Waals surface area contributed by atoms with Gasteiger partial charge in [-0.15, -0.1) is 0 Å². The van der Waals surface area contributed by atoms with Crippen LogP contribution in [0.4, 0.5) is 0 Å². The zero-order valence-electron chi connectivity index (χ0n) is 20.2. The summed E-state index contributed by atoms with van der Waals surface area (Å²) in [7, 11) is 0. The molecule has 3 aromatic carbocycles. The largest absolute Gasteiger partial charge is 0.494 e. The third-order valence-electron chi connectivity index (χ3n) is 6.63. The predicted octanol–water partition coefficient (Wildman–Crippen LogP) is 7.15. The van der Waals surface area contributed by atoms with Gasteiger partial charge in [-0.3, -0.25) is 9.59 Å². The summed E-state index contributed by atoms with van der Waals surface area (Å²) in [6.45, 7) is 3.10. The van der Waals surface area contributed by atoms with E-state index in [0.29, 0.717) is 28.2 Å². The molecule has 0 fully saturated rings. The predicted molar refractivity (Wildman–Crippen MR) is 142 cm³/mol. The van der Waals surface area contributed by atoms with E-state index in [-0.39, 0.29) is 23.6 Å². The summed E-state index contributed by atoms with van der Waals surface area (Å²) in [5.74, 6) is 0.532. The molecule has 1 atom stereocenters. The topological polar surface area (TPSA) is 59.8 Å². The van der Waals surface area contributed by atoms with E-state index in [0.717, 1.165) is 29.7 Å². The van der Waals surface area contributed by atoms with Crippen LogP contribution < -0.4 is 10.2 Å². The van der Waals surface area contributed by atoms with Crippen molar-refractivity contribution in [1.82, 2.24) is 4.90 Å². The fourth-order valence-corrected chi connectivity index (χ4v) is 4.95. The Morgan fingerprint density at radius 2 is 1.67 bits per heavy atom. The molecule has 1 aliphatic rings. The lowest BCUT2D eigenvalue weighted by molar-refractivity contribution is 0.0714. The molecule has 0 saturated carbocycles. The molecule has 6 heteroatoms. The van der Waals surface area contributed by atoms with Crippen LogP contribution >= 0.6 is 11.6 Å². The first-order chi connectivity index (χ1) is 17.6. The first-order valence-electron chi connectivity index (χ1n) is 12.4. The molecule has 1 aliphatic heterocycles. The quantitative estimate of drug-likeness (QED) is 0.228. The van der Waals surface area contributed by atoms with Gasteiger partial charge in [0.25, 0.3) is 5.91 Å². The molecular weight excluding hydrogens is 474 g/mol. The lowest BCUT2D eigenvalue weighted by Gasteiger charge is -2.25. The summed E-state index contributed by atoms with van der Waals surface area (Å²) in [5, 5.41) is 1.02. The van der Waals surface area contributed by atoms with Gasteiger partial charge in [0.2, 0.25) is 5.76 Å². The molecule has 1 amide bonds. The molecule has 0 radical (unpaired) electrons. The fourth-order valence-electron chi connectivity index (χ4n) is 4.75. The van der Waals surface area contributed by atoms with Gasteiger partial charge in [0, 0.05) is 11.6 Å². The molecule has 5 nitrogen and oxygen atoms in total. The van der Waals surface area contributed by atoms with Crippen molar-refractivity contribution < 1.29 is 13.9 Å². The summed E-state index contributed by atoms with van der Waals surface area (Å²) in [6.07, 6.45) is 4.55. The number of unbranched alkanes of at least 4 members (excludes halogenated alkanes) is 3. The normalized spacial score (nSPS) is 14.9. The number of amides is 1. The summed E-state index contributed by atoms with van der Waals surface area (Å²) in [4.78, 5) is 28.9. The van der Waals surface area contributed by atoms with Crippen molar-refractivity contribution in [2.75, 3.05) is 6.61 Å². The second-order valence-electron chi connectivity index (χ2n) is 9.08. The second kappa shape index (κ2) is 10.6. The Balaban J connectivity index is 1.52. The SMILES string of the molecule is CCCCCCOc1ccc(C2c3c(oc4ccccc4c3=O)C(=O)N2Cc2ccccc2Cl)cc1. The number of carbonyl (C=O) groups is 1. The van der Waals surface area contributed by atoms with E-state index in [9.17, 15) is 9.59 Å². The first kappa shape index (κ1) is 24.1. The van der Waals surface area contributed by atoms with Crippen molar-refractivity contribution in [3.8, 4) is 5.75 Å². The summed E-state index contributed by atoms with van der Waals surface area (Å²) < 4.78 is 11.9. The summed E-state index contributed by atoms with van der Waals surface area (Å²) >= 11 is 6.43. The van der Waals surface area contributed by atoms with E-state index < -0.39 is 6.04 Å². The minimum absolute atomic E-state index is 0.0898. The number of benzene rings is 3. The Labute approximate surface area is 215 Å². The molecule has 5 rings (SSSR count). The van der Waals surface area contributed by atoms with Crippen LogP contribution in [0.25, 0.3) is 11.0 Å². The van der Waals surface area contributed by atoms with Gasteiger partial charge in [-0.1, -0.05) is 80.3 Å². The van der Waals surface area contributed by atoms with Gasteiger partial charge in [-0.25, -0.2) is 0 Å². The highest BCUT2D eigenvalue weighted by molar-refractivity contribution is 6.31. The zero-order chi connectivity index (χ0) is 25.1. The van der Waals surface area contributed by atoms with Crippen LogP contribution in [0.15, 0.2) is 82.0 Å². The number of carbonyl (C=O) groups excluding carboxylic acids is 1. The van der Waals surface area contributed by atoms with Gasteiger partial charge in [0.05, 0.1) is 23.6 Å². The van der Waals surface area contributed by atoms with E-state index in [1.165, 1.54) is 12.8 Å². The molecule has 1 aromatic heterocycles. The molecule has 36 heavy (non-hydrogen) atoms. The van der Waals surface area contributed by atoms with Gasteiger partial charge in [-0.05, 0) is 47.9 Å². The summed E-state index contributed by atoms with van der Waals surface area (Å²) in [5.41, 5.74) is 2.19. The van der Waals surface area contributed by atoms with Gasteiger partial charge < -0.3 is 14.1 Å². The van der Waals surface area contributed by atoms with Crippen LogP contribution in [0.1, 0.15) is 65.9 Å². The highest BCUT2D eigenvalue weighted by atomic mass is 35.5. The molecule has 1 unspecified atom stereocenters. The van der Waals surface area contributed by atoms with Crippen LogP contribution in [0.3, 0.4) is 0 Å². The summed E-state index contributed by atoms with van der Waals surface area (Å²) in [6, 6.07) is 21.5. The number of hydrogen-bond donors (Lipinski definition) is 0. The lowest BCUT2D eigenvalue weighted by atomic mass is 9.98. The van der Waals surface area contributed by atoms with E-state index in [1.54, 1.807) is 35.2 Å².